The predicted octanol–water partition coefficient (Wildman–Crippen LogP) is 1.85. The molecule has 0 fully saturated rings. The summed E-state index contributed by atoms with van der Waals surface area (Å²) in [6.45, 7) is 0.0910. The molecule has 0 aromatic heterocycles. The fourth-order valence-corrected chi connectivity index (χ4v) is 4.69. The largest absolute Gasteiger partial charge is 0.482 e. The van der Waals surface area contributed by atoms with E-state index in [1.807, 2.05) is 23.6 Å². The number of amides is 1. The minimum Gasteiger partial charge on any atom is -0.482 e. The van der Waals surface area contributed by atoms with Gasteiger partial charge in [0.1, 0.15) is 5.75 Å². The second-order valence-electron chi connectivity index (χ2n) is 5.76. The van der Waals surface area contributed by atoms with Gasteiger partial charge < -0.3 is 4.74 Å². The van der Waals surface area contributed by atoms with E-state index in [1.54, 1.807) is 6.07 Å². The molecule has 1 heterocycles. The third-order valence-electron chi connectivity index (χ3n) is 4.08. The highest BCUT2D eigenvalue weighted by Gasteiger charge is 2.29. The van der Waals surface area contributed by atoms with Gasteiger partial charge in [0.05, 0.1) is 15.6 Å². The first kappa shape index (κ1) is 18.5. The van der Waals surface area contributed by atoms with Crippen molar-refractivity contribution in [3.8, 4) is 5.75 Å². The number of anilines is 1. The van der Waals surface area contributed by atoms with E-state index in [2.05, 4.69) is 0 Å². The number of benzene rings is 2. The van der Waals surface area contributed by atoms with Gasteiger partial charge in [-0.25, -0.2) is 14.3 Å². The fraction of sp³-hybridized carbons (Fsp3) is 0.235. The van der Waals surface area contributed by atoms with Crippen molar-refractivity contribution in [2.45, 2.75) is 17.7 Å². The molecule has 1 aliphatic rings. The maximum atomic E-state index is 13.1. The Bertz CT molecular complexity index is 933. The zero-order chi connectivity index (χ0) is 18.7. The van der Waals surface area contributed by atoms with Crippen LogP contribution in [0.5, 0.6) is 5.75 Å². The molecule has 0 saturated carbocycles. The van der Waals surface area contributed by atoms with Gasteiger partial charge in [-0.05, 0) is 42.7 Å². The van der Waals surface area contributed by atoms with Crippen molar-refractivity contribution in [2.24, 2.45) is 5.84 Å². The lowest BCUT2D eigenvalue weighted by molar-refractivity contribution is -0.123. The number of carbonyl (C=O) groups excluding carboxylic acids is 1. The summed E-state index contributed by atoms with van der Waals surface area (Å²) in [6.07, 6.45) is 1.60. The predicted molar refractivity (Wildman–Crippen MR) is 98.6 cm³/mol. The summed E-state index contributed by atoms with van der Waals surface area (Å²) in [5, 5.41) is 0.0983. The highest BCUT2D eigenvalue weighted by molar-refractivity contribution is 7.92. The van der Waals surface area contributed by atoms with E-state index in [-0.39, 0.29) is 22.3 Å². The first-order valence-corrected chi connectivity index (χ1v) is 9.77. The third-order valence-corrected chi connectivity index (χ3v) is 6.18. The molecular formula is C17H18ClN3O4S. The Labute approximate surface area is 156 Å². The number of halogens is 1. The van der Waals surface area contributed by atoms with Crippen LogP contribution in [0.4, 0.5) is 5.69 Å². The number of sulfonamides is 1. The van der Waals surface area contributed by atoms with Crippen molar-refractivity contribution in [3.05, 3.63) is 53.1 Å². The van der Waals surface area contributed by atoms with E-state index in [4.69, 9.17) is 22.2 Å². The lowest BCUT2D eigenvalue weighted by Gasteiger charge is -2.30. The topological polar surface area (TPSA) is 102 Å². The van der Waals surface area contributed by atoms with Crippen LogP contribution < -0.4 is 20.3 Å². The summed E-state index contributed by atoms with van der Waals surface area (Å²) in [4.78, 5) is 11.2. The van der Waals surface area contributed by atoms with E-state index in [9.17, 15) is 13.2 Å². The van der Waals surface area contributed by atoms with E-state index < -0.39 is 15.9 Å². The number of fused-ring (bicyclic) bond motifs is 1. The molecular weight excluding hydrogens is 378 g/mol. The minimum atomic E-state index is -3.76. The van der Waals surface area contributed by atoms with Crippen molar-refractivity contribution in [1.82, 2.24) is 5.43 Å². The molecule has 1 aliphatic heterocycles. The molecule has 0 saturated heterocycles. The average molecular weight is 396 g/mol. The van der Waals surface area contributed by atoms with Crippen molar-refractivity contribution < 1.29 is 17.9 Å². The number of carbonyl (C=O) groups is 1. The molecule has 1 amide bonds. The number of hydrogen-bond donors (Lipinski definition) is 2. The number of para-hydroxylation sites is 1. The lowest BCUT2D eigenvalue weighted by atomic mass is 10.0. The van der Waals surface area contributed by atoms with Crippen LogP contribution in [0.3, 0.4) is 0 Å². The number of rotatable bonds is 5. The average Bonchev–Trinajstić information content (AvgIpc) is 2.66. The second kappa shape index (κ2) is 7.53. The van der Waals surface area contributed by atoms with Gasteiger partial charge in [-0.2, -0.15) is 0 Å². The van der Waals surface area contributed by atoms with Gasteiger partial charge in [-0.15, -0.1) is 0 Å². The number of hydrazine groups is 1. The normalized spacial score (nSPS) is 13.8. The summed E-state index contributed by atoms with van der Waals surface area (Å²) in [5.74, 6) is 4.66. The van der Waals surface area contributed by atoms with Gasteiger partial charge in [0.15, 0.2) is 6.61 Å². The van der Waals surface area contributed by atoms with Gasteiger partial charge in [-0.3, -0.25) is 14.5 Å². The molecule has 0 radical (unpaired) electrons. The van der Waals surface area contributed by atoms with Crippen LogP contribution in [0.1, 0.15) is 12.0 Å². The van der Waals surface area contributed by atoms with Crippen LogP contribution in [0.25, 0.3) is 0 Å². The number of nitrogens with two attached hydrogens (primary N) is 1. The van der Waals surface area contributed by atoms with Gasteiger partial charge in [0.2, 0.25) is 0 Å². The summed E-state index contributed by atoms with van der Waals surface area (Å²) >= 11 is 6.13. The summed E-state index contributed by atoms with van der Waals surface area (Å²) in [5.41, 5.74) is 3.62. The Balaban J connectivity index is 1.89. The molecule has 2 aromatic carbocycles. The molecule has 0 spiro atoms. The zero-order valence-electron chi connectivity index (χ0n) is 13.8. The fourth-order valence-electron chi connectivity index (χ4n) is 2.82. The number of nitrogens with one attached hydrogen (secondary N) is 1. The zero-order valence-corrected chi connectivity index (χ0v) is 15.4. The first-order valence-electron chi connectivity index (χ1n) is 7.96. The quantitative estimate of drug-likeness (QED) is 0.457. The summed E-state index contributed by atoms with van der Waals surface area (Å²) in [6, 6.07) is 11.6. The Morgan fingerprint density at radius 3 is 2.77 bits per heavy atom. The molecule has 7 nitrogen and oxygen atoms in total. The van der Waals surface area contributed by atoms with E-state index in [1.165, 1.54) is 22.5 Å². The number of aryl methyl sites for hydroxylation is 1. The Hall–Kier alpha value is -2.29. The Morgan fingerprint density at radius 1 is 1.27 bits per heavy atom. The van der Waals surface area contributed by atoms with Crippen LogP contribution in [-0.4, -0.2) is 27.5 Å². The van der Waals surface area contributed by atoms with Gasteiger partial charge in [0.25, 0.3) is 15.9 Å². The molecule has 3 rings (SSSR count). The molecule has 0 aliphatic carbocycles. The SMILES string of the molecule is NNC(=O)COc1ccc(S(=O)(=O)N2CCCc3ccccc32)cc1Cl. The third kappa shape index (κ3) is 3.62. The highest BCUT2D eigenvalue weighted by atomic mass is 35.5. The molecule has 26 heavy (non-hydrogen) atoms. The first-order chi connectivity index (χ1) is 12.4. The number of nitrogens with zero attached hydrogens (tertiary/aromatic N) is 1. The van der Waals surface area contributed by atoms with Crippen LogP contribution in [0.2, 0.25) is 5.02 Å². The molecule has 3 N–H and O–H groups in total. The number of ether oxygens (including phenoxy) is 1. The van der Waals surface area contributed by atoms with Crippen molar-refractivity contribution in [1.29, 1.82) is 0 Å². The van der Waals surface area contributed by atoms with E-state index in [0.717, 1.165) is 18.4 Å². The van der Waals surface area contributed by atoms with Gasteiger partial charge in [0, 0.05) is 6.54 Å². The van der Waals surface area contributed by atoms with Gasteiger partial charge >= 0.3 is 0 Å². The standard InChI is InChI=1S/C17H18ClN3O4S/c18-14-10-13(7-8-16(14)25-11-17(22)20-19)26(23,24)21-9-3-5-12-4-1-2-6-15(12)21/h1-2,4,6-8,10H,3,5,9,11,19H2,(H,20,22). The van der Waals surface area contributed by atoms with Crippen LogP contribution in [0, 0.1) is 0 Å². The summed E-state index contributed by atoms with van der Waals surface area (Å²) in [7, 11) is -3.76. The maximum Gasteiger partial charge on any atom is 0.271 e. The molecule has 0 bridgehead atoms. The molecule has 2 aromatic rings. The molecule has 138 valence electrons. The van der Waals surface area contributed by atoms with Crippen LogP contribution in [0.15, 0.2) is 47.4 Å². The Morgan fingerprint density at radius 2 is 2.04 bits per heavy atom. The maximum absolute atomic E-state index is 13.1. The Kier molecular flexibility index (Phi) is 5.36. The molecule has 9 heteroatoms. The second-order valence-corrected chi connectivity index (χ2v) is 8.03. The van der Waals surface area contributed by atoms with Crippen LogP contribution in [-0.2, 0) is 21.2 Å². The van der Waals surface area contributed by atoms with Crippen molar-refractivity contribution >= 4 is 33.2 Å². The van der Waals surface area contributed by atoms with Gasteiger partial charge in [-0.1, -0.05) is 29.8 Å². The van der Waals surface area contributed by atoms with Crippen LogP contribution >= 0.6 is 11.6 Å². The molecule has 0 unspecified atom stereocenters. The minimum absolute atomic E-state index is 0.0647. The van der Waals surface area contributed by atoms with Crippen molar-refractivity contribution in [3.63, 3.8) is 0 Å². The number of hydrogen-bond acceptors (Lipinski definition) is 5. The van der Waals surface area contributed by atoms with Crippen molar-refractivity contribution in [2.75, 3.05) is 17.5 Å². The highest BCUT2D eigenvalue weighted by Crippen LogP contribution is 2.34. The van der Waals surface area contributed by atoms with E-state index in [0.29, 0.717) is 12.2 Å². The molecule has 0 atom stereocenters. The monoisotopic (exact) mass is 395 g/mol. The summed E-state index contributed by atoms with van der Waals surface area (Å²) < 4.78 is 32.8. The lowest BCUT2D eigenvalue weighted by Crippen LogP contribution is -2.35. The smallest absolute Gasteiger partial charge is 0.271 e. The van der Waals surface area contributed by atoms with E-state index >= 15 is 0 Å².